The molecule has 1 saturated heterocycles. The SMILES string of the molecule is CO[C@H]1O[C@H](C)C[C@H](N)[C@H]1O. The Kier molecular flexibility index (Phi) is 2.84. The normalized spacial score (nSPS) is 45.8. The van der Waals surface area contributed by atoms with Crippen LogP contribution in [0.5, 0.6) is 0 Å². The molecule has 3 N–H and O–H groups in total. The van der Waals surface area contributed by atoms with E-state index in [2.05, 4.69) is 0 Å². The lowest BCUT2D eigenvalue weighted by Crippen LogP contribution is -2.52. The first-order chi connectivity index (χ1) is 5.15. The van der Waals surface area contributed by atoms with E-state index in [9.17, 15) is 5.11 Å². The molecule has 4 heteroatoms. The molecule has 4 nitrogen and oxygen atoms in total. The summed E-state index contributed by atoms with van der Waals surface area (Å²) in [5.41, 5.74) is 5.62. The summed E-state index contributed by atoms with van der Waals surface area (Å²) in [7, 11) is 1.50. The number of aliphatic hydroxyl groups excluding tert-OH is 1. The van der Waals surface area contributed by atoms with Gasteiger partial charge in [-0.05, 0) is 13.3 Å². The third-order valence-electron chi connectivity index (χ3n) is 1.92. The summed E-state index contributed by atoms with van der Waals surface area (Å²) < 4.78 is 10.2. The van der Waals surface area contributed by atoms with E-state index in [4.69, 9.17) is 15.2 Å². The molecule has 0 saturated carbocycles. The zero-order chi connectivity index (χ0) is 8.43. The van der Waals surface area contributed by atoms with E-state index in [0.29, 0.717) is 6.42 Å². The van der Waals surface area contributed by atoms with Crippen LogP contribution in [0.1, 0.15) is 13.3 Å². The fourth-order valence-electron chi connectivity index (χ4n) is 1.28. The Morgan fingerprint density at radius 1 is 1.64 bits per heavy atom. The van der Waals surface area contributed by atoms with Crippen LogP contribution in [0.15, 0.2) is 0 Å². The summed E-state index contributed by atoms with van der Waals surface area (Å²) in [6.07, 6.45) is -0.510. The minimum Gasteiger partial charge on any atom is -0.386 e. The Labute approximate surface area is 66.3 Å². The van der Waals surface area contributed by atoms with E-state index in [1.165, 1.54) is 7.11 Å². The number of hydrogen-bond donors (Lipinski definition) is 2. The quantitative estimate of drug-likeness (QED) is 0.542. The Hall–Kier alpha value is -0.160. The maximum Gasteiger partial charge on any atom is 0.184 e. The second kappa shape index (κ2) is 3.49. The van der Waals surface area contributed by atoms with Gasteiger partial charge in [-0.1, -0.05) is 0 Å². The van der Waals surface area contributed by atoms with Crippen molar-refractivity contribution >= 4 is 0 Å². The van der Waals surface area contributed by atoms with Crippen molar-refractivity contribution in [2.75, 3.05) is 7.11 Å². The van der Waals surface area contributed by atoms with Crippen LogP contribution in [0.2, 0.25) is 0 Å². The van der Waals surface area contributed by atoms with Gasteiger partial charge in [0.05, 0.1) is 6.10 Å². The van der Waals surface area contributed by atoms with Crippen LogP contribution in [-0.4, -0.2) is 36.8 Å². The average molecular weight is 161 g/mol. The van der Waals surface area contributed by atoms with Gasteiger partial charge in [-0.15, -0.1) is 0 Å². The van der Waals surface area contributed by atoms with Crippen molar-refractivity contribution in [1.29, 1.82) is 0 Å². The van der Waals surface area contributed by atoms with Crippen molar-refractivity contribution in [2.45, 2.75) is 37.9 Å². The summed E-state index contributed by atoms with van der Waals surface area (Å²) in [5, 5.41) is 9.38. The predicted molar refractivity (Wildman–Crippen MR) is 39.9 cm³/mol. The van der Waals surface area contributed by atoms with Crippen molar-refractivity contribution < 1.29 is 14.6 Å². The van der Waals surface area contributed by atoms with Gasteiger partial charge in [-0.25, -0.2) is 0 Å². The predicted octanol–water partition coefficient (Wildman–Crippen LogP) is -0.544. The van der Waals surface area contributed by atoms with Crippen LogP contribution >= 0.6 is 0 Å². The van der Waals surface area contributed by atoms with Crippen LogP contribution in [0.25, 0.3) is 0 Å². The first kappa shape index (κ1) is 8.93. The lowest BCUT2D eigenvalue weighted by molar-refractivity contribution is -0.230. The standard InChI is InChI=1S/C7H15NO3/c1-4-3-5(8)6(9)7(10-2)11-4/h4-7,9H,3,8H2,1-2H3/t4-,5+,6-,7+/m1/s1. The maximum atomic E-state index is 9.38. The molecule has 4 atom stereocenters. The summed E-state index contributed by atoms with van der Waals surface area (Å²) in [6, 6.07) is -0.233. The second-order valence-corrected chi connectivity index (χ2v) is 2.94. The molecule has 1 aliphatic rings. The molecule has 0 radical (unpaired) electrons. The number of nitrogens with two attached hydrogens (primary N) is 1. The van der Waals surface area contributed by atoms with Crippen LogP contribution in [0.4, 0.5) is 0 Å². The topological polar surface area (TPSA) is 64.7 Å². The van der Waals surface area contributed by atoms with E-state index < -0.39 is 12.4 Å². The van der Waals surface area contributed by atoms with E-state index in [1.54, 1.807) is 0 Å². The van der Waals surface area contributed by atoms with Crippen molar-refractivity contribution in [3.05, 3.63) is 0 Å². The number of ether oxygens (including phenoxy) is 2. The summed E-state index contributed by atoms with van der Waals surface area (Å²) in [4.78, 5) is 0. The molecule has 1 rings (SSSR count). The third kappa shape index (κ3) is 1.90. The van der Waals surface area contributed by atoms with Gasteiger partial charge in [0.2, 0.25) is 0 Å². The lowest BCUT2D eigenvalue weighted by Gasteiger charge is -2.35. The molecule has 11 heavy (non-hydrogen) atoms. The van der Waals surface area contributed by atoms with Crippen molar-refractivity contribution in [3.8, 4) is 0 Å². The van der Waals surface area contributed by atoms with Gasteiger partial charge in [0.1, 0.15) is 6.10 Å². The highest BCUT2D eigenvalue weighted by molar-refractivity contribution is 4.82. The molecule has 0 aliphatic carbocycles. The fourth-order valence-corrected chi connectivity index (χ4v) is 1.28. The van der Waals surface area contributed by atoms with Crippen LogP contribution in [-0.2, 0) is 9.47 Å². The molecule has 0 amide bonds. The smallest absolute Gasteiger partial charge is 0.184 e. The van der Waals surface area contributed by atoms with E-state index in [0.717, 1.165) is 0 Å². The first-order valence-corrected chi connectivity index (χ1v) is 3.77. The highest BCUT2D eigenvalue weighted by Crippen LogP contribution is 2.18. The maximum absolute atomic E-state index is 9.38. The van der Waals surface area contributed by atoms with Gasteiger partial charge in [0.25, 0.3) is 0 Å². The highest BCUT2D eigenvalue weighted by Gasteiger charge is 2.33. The first-order valence-electron chi connectivity index (χ1n) is 3.77. The molecule has 0 aromatic carbocycles. The largest absolute Gasteiger partial charge is 0.386 e. The Bertz CT molecular complexity index is 131. The van der Waals surface area contributed by atoms with Gasteiger partial charge in [-0.2, -0.15) is 0 Å². The van der Waals surface area contributed by atoms with Gasteiger partial charge in [0, 0.05) is 13.2 Å². The lowest BCUT2D eigenvalue weighted by atomic mass is 10.0. The molecule has 0 aromatic rings. The van der Waals surface area contributed by atoms with E-state index >= 15 is 0 Å². The van der Waals surface area contributed by atoms with Gasteiger partial charge < -0.3 is 20.3 Å². The second-order valence-electron chi connectivity index (χ2n) is 2.94. The van der Waals surface area contributed by atoms with Gasteiger partial charge in [-0.3, -0.25) is 0 Å². The highest BCUT2D eigenvalue weighted by atomic mass is 16.7. The minimum atomic E-state index is -0.698. The molecular weight excluding hydrogens is 146 g/mol. The molecular formula is C7H15NO3. The summed E-state index contributed by atoms with van der Waals surface area (Å²) in [5.74, 6) is 0. The molecule has 0 spiro atoms. The fraction of sp³-hybridized carbons (Fsp3) is 1.00. The number of aliphatic hydroxyl groups is 1. The molecule has 1 heterocycles. The average Bonchev–Trinajstić information content (AvgIpc) is 1.96. The Balaban J connectivity index is 2.51. The van der Waals surface area contributed by atoms with Crippen molar-refractivity contribution in [3.63, 3.8) is 0 Å². The van der Waals surface area contributed by atoms with E-state index in [-0.39, 0.29) is 12.1 Å². The zero-order valence-electron chi connectivity index (χ0n) is 6.86. The number of rotatable bonds is 1. The molecule has 0 unspecified atom stereocenters. The molecule has 1 aliphatic heterocycles. The Morgan fingerprint density at radius 2 is 2.27 bits per heavy atom. The van der Waals surface area contributed by atoms with Crippen molar-refractivity contribution in [2.24, 2.45) is 5.73 Å². The molecule has 1 fully saturated rings. The van der Waals surface area contributed by atoms with E-state index in [1.807, 2.05) is 6.92 Å². The summed E-state index contributed by atoms with van der Waals surface area (Å²) >= 11 is 0. The molecule has 0 aromatic heterocycles. The van der Waals surface area contributed by atoms with Gasteiger partial charge in [0.15, 0.2) is 6.29 Å². The zero-order valence-corrected chi connectivity index (χ0v) is 6.86. The van der Waals surface area contributed by atoms with Crippen LogP contribution in [0.3, 0.4) is 0 Å². The number of hydrogen-bond acceptors (Lipinski definition) is 4. The van der Waals surface area contributed by atoms with Gasteiger partial charge >= 0.3 is 0 Å². The molecule has 66 valence electrons. The van der Waals surface area contributed by atoms with Crippen LogP contribution < -0.4 is 5.73 Å². The Morgan fingerprint density at radius 3 is 2.82 bits per heavy atom. The van der Waals surface area contributed by atoms with Crippen molar-refractivity contribution in [1.82, 2.24) is 0 Å². The molecule has 0 bridgehead atoms. The number of methoxy groups -OCH3 is 1. The summed E-state index contributed by atoms with van der Waals surface area (Å²) in [6.45, 7) is 1.91. The van der Waals surface area contributed by atoms with Crippen LogP contribution in [0, 0.1) is 0 Å². The minimum absolute atomic E-state index is 0.0679. The third-order valence-corrected chi connectivity index (χ3v) is 1.92. The monoisotopic (exact) mass is 161 g/mol.